The molecule has 8 nitrogen and oxygen atoms in total. The van der Waals surface area contributed by atoms with E-state index in [1.54, 1.807) is 6.07 Å². The summed E-state index contributed by atoms with van der Waals surface area (Å²) in [5, 5.41) is 18.0. The van der Waals surface area contributed by atoms with E-state index in [4.69, 9.17) is 10.8 Å². The van der Waals surface area contributed by atoms with Crippen molar-refractivity contribution >= 4 is 39.3 Å². The Morgan fingerprint density at radius 2 is 2.11 bits per heavy atom. The number of carboxylic acids is 1. The molecule has 0 spiro atoms. The number of para-hydroxylation sites is 1. The van der Waals surface area contributed by atoms with Crippen LogP contribution in [0.4, 0.5) is 11.5 Å². The van der Waals surface area contributed by atoms with Gasteiger partial charge >= 0.3 is 5.97 Å². The highest BCUT2D eigenvalue weighted by atomic mass is 79.9. The average Bonchev–Trinajstić information content (AvgIpc) is 2.77. The van der Waals surface area contributed by atoms with Gasteiger partial charge in [0.1, 0.15) is 0 Å². The fourth-order valence-corrected chi connectivity index (χ4v) is 1.82. The number of aromatic nitrogens is 2. The minimum atomic E-state index is -1.18. The van der Waals surface area contributed by atoms with E-state index >= 15 is 0 Å². The number of hydrogen-bond acceptors (Lipinski definition) is 6. The molecule has 4 N–H and O–H groups in total. The van der Waals surface area contributed by atoms with E-state index in [0.29, 0.717) is 4.47 Å². The van der Waals surface area contributed by atoms with E-state index in [0.717, 1.165) is 0 Å². The van der Waals surface area contributed by atoms with Crippen molar-refractivity contribution in [3.8, 4) is 0 Å². The predicted octanol–water partition coefficient (Wildman–Crippen LogP) is 1.36. The summed E-state index contributed by atoms with van der Waals surface area (Å²) < 4.78 is 4.71. The number of nitrogen functional groups attached to an aromatic ring is 1. The summed E-state index contributed by atoms with van der Waals surface area (Å²) >= 11 is 3.16. The molecule has 0 saturated carbocycles. The Balaban J connectivity index is 2.36. The van der Waals surface area contributed by atoms with Crippen LogP contribution in [-0.2, 0) is 0 Å². The van der Waals surface area contributed by atoms with E-state index in [1.165, 1.54) is 12.1 Å². The third kappa shape index (κ3) is 2.55. The van der Waals surface area contributed by atoms with Crippen molar-refractivity contribution in [1.82, 2.24) is 10.3 Å². The molecular weight excluding hydrogens is 320 g/mol. The van der Waals surface area contributed by atoms with Gasteiger partial charge in [0.25, 0.3) is 5.91 Å². The summed E-state index contributed by atoms with van der Waals surface area (Å²) in [5.74, 6) is -2.07. The van der Waals surface area contributed by atoms with Gasteiger partial charge < -0.3 is 16.2 Å². The molecule has 2 aromatic rings. The van der Waals surface area contributed by atoms with E-state index in [1.807, 2.05) is 0 Å². The molecule has 2 rings (SSSR count). The van der Waals surface area contributed by atoms with Crippen LogP contribution >= 0.6 is 15.9 Å². The first-order valence-electron chi connectivity index (χ1n) is 4.92. The molecule has 0 atom stereocenters. The molecule has 98 valence electrons. The number of carboxylic acid groups (broad SMARTS) is 1. The monoisotopic (exact) mass is 326 g/mol. The smallest absolute Gasteiger partial charge is 0.337 e. The first-order valence-corrected chi connectivity index (χ1v) is 5.71. The lowest BCUT2D eigenvalue weighted by atomic mass is 10.1. The van der Waals surface area contributed by atoms with Gasteiger partial charge in [0.2, 0.25) is 11.5 Å². The Morgan fingerprint density at radius 3 is 2.68 bits per heavy atom. The molecule has 0 unspecified atom stereocenters. The van der Waals surface area contributed by atoms with Crippen molar-refractivity contribution in [2.75, 3.05) is 11.1 Å². The number of aromatic carboxylic acids is 1. The predicted molar refractivity (Wildman–Crippen MR) is 67.8 cm³/mol. The molecule has 1 aromatic carbocycles. The number of hydrogen-bond donors (Lipinski definition) is 3. The zero-order valence-corrected chi connectivity index (χ0v) is 10.8. The van der Waals surface area contributed by atoms with Gasteiger partial charge in [-0.05, 0) is 38.4 Å². The largest absolute Gasteiger partial charge is 0.478 e. The number of nitrogens with one attached hydrogen (secondary N) is 1. The van der Waals surface area contributed by atoms with Crippen molar-refractivity contribution in [1.29, 1.82) is 0 Å². The average molecular weight is 327 g/mol. The Kier molecular flexibility index (Phi) is 3.47. The molecule has 0 bridgehead atoms. The Bertz CT molecular complexity index is 655. The van der Waals surface area contributed by atoms with Gasteiger partial charge in [-0.3, -0.25) is 4.79 Å². The van der Waals surface area contributed by atoms with E-state index in [-0.39, 0.29) is 22.8 Å². The second kappa shape index (κ2) is 5.06. The van der Waals surface area contributed by atoms with Gasteiger partial charge in [-0.15, -0.1) is 0 Å². The van der Waals surface area contributed by atoms with Crippen LogP contribution in [0.15, 0.2) is 27.3 Å². The van der Waals surface area contributed by atoms with Gasteiger partial charge in [0.15, 0.2) is 0 Å². The molecule has 0 saturated heterocycles. The van der Waals surface area contributed by atoms with Crippen LogP contribution in [0.2, 0.25) is 0 Å². The first kappa shape index (κ1) is 13.0. The lowest BCUT2D eigenvalue weighted by Gasteiger charge is -2.09. The van der Waals surface area contributed by atoms with Gasteiger partial charge in [-0.1, -0.05) is 6.07 Å². The Labute approximate surface area is 114 Å². The van der Waals surface area contributed by atoms with E-state index < -0.39 is 11.9 Å². The van der Waals surface area contributed by atoms with Crippen molar-refractivity contribution in [3.63, 3.8) is 0 Å². The summed E-state index contributed by atoms with van der Waals surface area (Å²) in [6.45, 7) is 0. The minimum Gasteiger partial charge on any atom is -0.478 e. The minimum absolute atomic E-state index is 0.0715. The standard InChI is InChI=1S/C10H7BrN4O4/c11-5-3-1-2-4(10(17)18)6(5)13-9(16)7-8(12)15-19-14-7/h1-3H,(H2,12,15)(H,13,16)(H,17,18). The topological polar surface area (TPSA) is 131 Å². The summed E-state index contributed by atoms with van der Waals surface area (Å²) in [6, 6.07) is 4.48. The molecule has 0 aliphatic carbocycles. The van der Waals surface area contributed by atoms with Crippen LogP contribution < -0.4 is 11.1 Å². The molecule has 0 fully saturated rings. The number of benzene rings is 1. The van der Waals surface area contributed by atoms with Gasteiger partial charge in [0, 0.05) is 4.47 Å². The van der Waals surface area contributed by atoms with E-state index in [9.17, 15) is 9.59 Å². The normalized spacial score (nSPS) is 10.2. The van der Waals surface area contributed by atoms with Crippen LogP contribution in [0, 0.1) is 0 Å². The Hall–Kier alpha value is -2.42. The number of halogens is 1. The third-order valence-corrected chi connectivity index (χ3v) is 2.87. The maximum absolute atomic E-state index is 11.9. The second-order valence-corrected chi connectivity index (χ2v) is 4.27. The molecule has 0 radical (unpaired) electrons. The molecule has 0 aliphatic rings. The summed E-state index contributed by atoms with van der Waals surface area (Å²) in [5.41, 5.74) is 5.19. The van der Waals surface area contributed by atoms with Crippen molar-refractivity contribution in [2.24, 2.45) is 0 Å². The number of amides is 1. The maximum Gasteiger partial charge on any atom is 0.337 e. The highest BCUT2D eigenvalue weighted by Gasteiger charge is 2.20. The summed E-state index contributed by atoms with van der Waals surface area (Å²) in [4.78, 5) is 22.9. The summed E-state index contributed by atoms with van der Waals surface area (Å²) in [6.07, 6.45) is 0. The number of nitrogens with zero attached hydrogens (tertiary/aromatic N) is 2. The molecule has 19 heavy (non-hydrogen) atoms. The SMILES string of the molecule is Nc1nonc1C(=O)Nc1c(Br)cccc1C(=O)O. The number of carbonyl (C=O) groups excluding carboxylic acids is 1. The van der Waals surface area contributed by atoms with Crippen LogP contribution in [0.3, 0.4) is 0 Å². The molecule has 1 amide bonds. The fraction of sp³-hybridized carbons (Fsp3) is 0. The molecule has 9 heteroatoms. The van der Waals surface area contributed by atoms with Gasteiger partial charge in [-0.2, -0.15) is 0 Å². The van der Waals surface area contributed by atoms with E-state index in [2.05, 4.69) is 36.2 Å². The van der Waals surface area contributed by atoms with Gasteiger partial charge in [-0.25, -0.2) is 9.42 Å². The second-order valence-electron chi connectivity index (χ2n) is 3.42. The quantitative estimate of drug-likeness (QED) is 0.775. The highest BCUT2D eigenvalue weighted by Crippen LogP contribution is 2.27. The zero-order valence-electron chi connectivity index (χ0n) is 9.25. The number of nitrogens with two attached hydrogens (primary N) is 1. The summed E-state index contributed by atoms with van der Waals surface area (Å²) in [7, 11) is 0. The molecule has 1 aromatic heterocycles. The number of anilines is 2. The van der Waals surface area contributed by atoms with Crippen molar-refractivity contribution < 1.29 is 19.3 Å². The molecular formula is C10H7BrN4O4. The van der Waals surface area contributed by atoms with Crippen LogP contribution in [-0.4, -0.2) is 27.3 Å². The Morgan fingerprint density at radius 1 is 1.37 bits per heavy atom. The van der Waals surface area contributed by atoms with Crippen molar-refractivity contribution in [3.05, 3.63) is 33.9 Å². The van der Waals surface area contributed by atoms with Crippen LogP contribution in [0.5, 0.6) is 0 Å². The van der Waals surface area contributed by atoms with Crippen molar-refractivity contribution in [2.45, 2.75) is 0 Å². The molecule has 1 heterocycles. The van der Waals surface area contributed by atoms with Gasteiger partial charge in [0.05, 0.1) is 11.3 Å². The first-order chi connectivity index (χ1) is 9.00. The van der Waals surface area contributed by atoms with Crippen LogP contribution in [0.1, 0.15) is 20.8 Å². The number of rotatable bonds is 3. The number of carbonyl (C=O) groups is 2. The van der Waals surface area contributed by atoms with Crippen LogP contribution in [0.25, 0.3) is 0 Å². The lowest BCUT2D eigenvalue weighted by molar-refractivity contribution is 0.0698. The molecule has 0 aliphatic heterocycles. The fourth-order valence-electron chi connectivity index (χ4n) is 1.36. The zero-order chi connectivity index (χ0) is 14.0. The highest BCUT2D eigenvalue weighted by molar-refractivity contribution is 9.10. The lowest BCUT2D eigenvalue weighted by Crippen LogP contribution is -2.17. The third-order valence-electron chi connectivity index (χ3n) is 2.21. The maximum atomic E-state index is 11.9.